The Balaban J connectivity index is 0.000000283. The third-order valence-electron chi connectivity index (χ3n) is 5.74. The van der Waals surface area contributed by atoms with E-state index in [0.717, 1.165) is 33.2 Å². The number of aryl methyl sites for hydroxylation is 2. The van der Waals surface area contributed by atoms with Crippen molar-refractivity contribution in [2.45, 2.75) is 13.8 Å². The van der Waals surface area contributed by atoms with Crippen molar-refractivity contribution in [3.8, 4) is 11.1 Å². The average molecular weight is 512 g/mol. The van der Waals surface area contributed by atoms with E-state index in [1.807, 2.05) is 44.2 Å². The molecule has 1 heterocycles. The number of nitrogen functional groups attached to an aromatic ring is 1. The summed E-state index contributed by atoms with van der Waals surface area (Å²) in [5.41, 5.74) is 11.7. The van der Waals surface area contributed by atoms with Crippen molar-refractivity contribution in [3.05, 3.63) is 107 Å². The summed E-state index contributed by atoms with van der Waals surface area (Å²) in [5.74, 6) is -0.922. The molecule has 0 atom stereocenters. The van der Waals surface area contributed by atoms with Crippen LogP contribution in [0.4, 0.5) is 26.4 Å². The zero-order valence-corrected chi connectivity index (χ0v) is 20.7. The van der Waals surface area contributed by atoms with Gasteiger partial charge in [-0.25, -0.2) is 14.0 Å². The fourth-order valence-corrected chi connectivity index (χ4v) is 3.79. The Bertz CT molecular complexity index is 1600. The van der Waals surface area contributed by atoms with E-state index < -0.39 is 17.8 Å². The molecule has 0 bridgehead atoms. The monoisotopic (exact) mass is 511 g/mol. The van der Waals surface area contributed by atoms with Gasteiger partial charge in [-0.05, 0) is 73.0 Å². The van der Waals surface area contributed by atoms with E-state index in [-0.39, 0.29) is 5.69 Å². The van der Waals surface area contributed by atoms with Gasteiger partial charge in [-0.1, -0.05) is 48.0 Å². The number of carboxylic acid groups (broad SMARTS) is 1. The van der Waals surface area contributed by atoms with Crippen LogP contribution in [0.15, 0.2) is 84.9 Å². The van der Waals surface area contributed by atoms with Gasteiger partial charge in [0.15, 0.2) is 5.82 Å². The highest BCUT2D eigenvalue weighted by molar-refractivity contribution is 6.02. The number of anilines is 3. The number of amides is 2. The summed E-state index contributed by atoms with van der Waals surface area (Å²) in [4.78, 5) is 22.5. The van der Waals surface area contributed by atoms with Crippen LogP contribution in [-0.4, -0.2) is 27.3 Å². The topological polar surface area (TPSA) is 133 Å². The summed E-state index contributed by atoms with van der Waals surface area (Å²) >= 11 is 0. The van der Waals surface area contributed by atoms with Crippen LogP contribution in [0.3, 0.4) is 0 Å². The van der Waals surface area contributed by atoms with E-state index in [0.29, 0.717) is 17.1 Å². The number of carboxylic acids is 1. The van der Waals surface area contributed by atoms with Crippen molar-refractivity contribution in [2.75, 3.05) is 16.4 Å². The van der Waals surface area contributed by atoms with Crippen LogP contribution in [-0.2, 0) is 0 Å². The molecule has 9 heteroatoms. The first-order chi connectivity index (χ1) is 18.2. The third-order valence-corrected chi connectivity index (χ3v) is 5.74. The van der Waals surface area contributed by atoms with Gasteiger partial charge in [-0.15, -0.1) is 0 Å². The molecule has 0 saturated carbocycles. The second-order valence-corrected chi connectivity index (χ2v) is 8.65. The van der Waals surface area contributed by atoms with Crippen molar-refractivity contribution in [3.63, 3.8) is 0 Å². The first-order valence-corrected chi connectivity index (χ1v) is 11.7. The SMILES string of the molecule is Cc1ccc(C(=O)O)cc1.Cc1ccc(F)c(NC(=O)Nc2ccc(-c3cccc4[nH]nc(N)c34)cc2)c1. The summed E-state index contributed by atoms with van der Waals surface area (Å²) in [7, 11) is 0. The quantitative estimate of drug-likeness (QED) is 0.185. The number of urea groups is 1. The van der Waals surface area contributed by atoms with E-state index in [1.165, 1.54) is 6.07 Å². The minimum absolute atomic E-state index is 0.135. The Kier molecular flexibility index (Phi) is 7.67. The second kappa shape index (κ2) is 11.3. The lowest BCUT2D eigenvalue weighted by Gasteiger charge is -2.10. The van der Waals surface area contributed by atoms with Crippen molar-refractivity contribution < 1.29 is 19.1 Å². The number of nitrogens with two attached hydrogens (primary N) is 1. The van der Waals surface area contributed by atoms with Crippen LogP contribution in [0, 0.1) is 19.7 Å². The maximum Gasteiger partial charge on any atom is 0.335 e. The number of rotatable bonds is 4. The fraction of sp³-hybridized carbons (Fsp3) is 0.0690. The average Bonchev–Trinajstić information content (AvgIpc) is 3.28. The molecule has 38 heavy (non-hydrogen) atoms. The number of nitrogens with zero attached hydrogens (tertiary/aromatic N) is 1. The Morgan fingerprint density at radius 3 is 2.26 bits per heavy atom. The van der Waals surface area contributed by atoms with E-state index in [2.05, 4.69) is 20.8 Å². The van der Waals surface area contributed by atoms with Crippen LogP contribution >= 0.6 is 0 Å². The molecule has 5 rings (SSSR count). The number of H-pyrrole nitrogens is 1. The van der Waals surface area contributed by atoms with Gasteiger partial charge >= 0.3 is 12.0 Å². The fourth-order valence-electron chi connectivity index (χ4n) is 3.79. The highest BCUT2D eigenvalue weighted by Gasteiger charge is 2.11. The lowest BCUT2D eigenvalue weighted by molar-refractivity contribution is 0.0697. The lowest BCUT2D eigenvalue weighted by Crippen LogP contribution is -2.20. The van der Waals surface area contributed by atoms with Crippen molar-refractivity contribution >= 4 is 40.1 Å². The molecular weight excluding hydrogens is 485 g/mol. The summed E-state index contributed by atoms with van der Waals surface area (Å²) in [6, 6.07) is 23.9. The number of aromatic amines is 1. The molecule has 0 unspecified atom stereocenters. The van der Waals surface area contributed by atoms with Crippen LogP contribution < -0.4 is 16.4 Å². The van der Waals surface area contributed by atoms with E-state index in [1.54, 1.807) is 48.5 Å². The Labute approximate surface area is 218 Å². The maximum atomic E-state index is 13.8. The zero-order valence-electron chi connectivity index (χ0n) is 20.7. The van der Waals surface area contributed by atoms with Gasteiger partial charge in [-0.3, -0.25) is 5.10 Å². The Morgan fingerprint density at radius 1 is 0.895 bits per heavy atom. The molecule has 0 aliphatic rings. The van der Waals surface area contributed by atoms with E-state index in [4.69, 9.17) is 10.8 Å². The standard InChI is InChI=1S/C21H18FN5O.C8H8O2/c1-12-5-10-16(22)18(11-12)25-21(28)24-14-8-6-13(7-9-14)15-3-2-4-17-19(15)20(23)27-26-17;1-6-2-4-7(5-3-6)8(9)10/h2-11H,1H3,(H3,23,26,27)(H2,24,25,28);2-5H,1H3,(H,9,10). The van der Waals surface area contributed by atoms with Gasteiger partial charge in [0, 0.05) is 5.69 Å². The smallest absolute Gasteiger partial charge is 0.335 e. The molecule has 0 saturated heterocycles. The molecule has 8 nitrogen and oxygen atoms in total. The van der Waals surface area contributed by atoms with Gasteiger partial charge in [0.05, 0.1) is 22.2 Å². The number of fused-ring (bicyclic) bond motifs is 1. The highest BCUT2D eigenvalue weighted by atomic mass is 19.1. The van der Waals surface area contributed by atoms with Gasteiger partial charge in [-0.2, -0.15) is 5.10 Å². The molecule has 6 N–H and O–H groups in total. The van der Waals surface area contributed by atoms with Crippen LogP contribution in [0.2, 0.25) is 0 Å². The second-order valence-electron chi connectivity index (χ2n) is 8.65. The van der Waals surface area contributed by atoms with Gasteiger partial charge in [0.2, 0.25) is 0 Å². The summed E-state index contributed by atoms with van der Waals surface area (Å²) in [5, 5.41) is 21.5. The van der Waals surface area contributed by atoms with Gasteiger partial charge in [0.25, 0.3) is 0 Å². The number of carbonyl (C=O) groups is 2. The van der Waals surface area contributed by atoms with E-state index >= 15 is 0 Å². The maximum absolute atomic E-state index is 13.8. The third kappa shape index (κ3) is 6.14. The Morgan fingerprint density at radius 2 is 1.58 bits per heavy atom. The molecule has 2 amide bonds. The first-order valence-electron chi connectivity index (χ1n) is 11.7. The summed E-state index contributed by atoms with van der Waals surface area (Å²) < 4.78 is 13.8. The largest absolute Gasteiger partial charge is 0.478 e. The van der Waals surface area contributed by atoms with Crippen LogP contribution in [0.5, 0.6) is 0 Å². The molecule has 1 aromatic heterocycles. The lowest BCUT2D eigenvalue weighted by atomic mass is 10.0. The van der Waals surface area contributed by atoms with E-state index in [9.17, 15) is 14.0 Å². The minimum atomic E-state index is -0.875. The normalized spacial score (nSPS) is 10.4. The van der Waals surface area contributed by atoms with Gasteiger partial charge in [0.1, 0.15) is 5.82 Å². The van der Waals surface area contributed by atoms with Crippen molar-refractivity contribution in [1.29, 1.82) is 0 Å². The first kappa shape index (κ1) is 25.9. The number of halogens is 1. The Hall–Kier alpha value is -5.18. The minimum Gasteiger partial charge on any atom is -0.478 e. The summed E-state index contributed by atoms with van der Waals surface area (Å²) in [6.45, 7) is 3.75. The van der Waals surface area contributed by atoms with Crippen molar-refractivity contribution in [2.24, 2.45) is 0 Å². The van der Waals surface area contributed by atoms with Crippen LogP contribution in [0.25, 0.3) is 22.0 Å². The molecular formula is C29H26FN5O3. The number of hydrogen-bond donors (Lipinski definition) is 5. The predicted molar refractivity (Wildman–Crippen MR) is 148 cm³/mol. The number of carbonyl (C=O) groups excluding carboxylic acids is 1. The zero-order chi connectivity index (χ0) is 27.2. The molecule has 192 valence electrons. The number of aromatic nitrogens is 2. The van der Waals surface area contributed by atoms with Crippen molar-refractivity contribution in [1.82, 2.24) is 10.2 Å². The van der Waals surface area contributed by atoms with Gasteiger partial charge < -0.3 is 21.5 Å². The molecule has 5 aromatic rings. The molecule has 0 spiro atoms. The number of hydrogen-bond acceptors (Lipinski definition) is 4. The molecule has 0 aliphatic carbocycles. The number of nitrogens with one attached hydrogen (secondary N) is 3. The van der Waals surface area contributed by atoms with Crippen LogP contribution in [0.1, 0.15) is 21.5 Å². The number of aromatic carboxylic acids is 1. The number of benzene rings is 4. The molecule has 4 aromatic carbocycles. The molecule has 0 aliphatic heterocycles. The molecule has 0 radical (unpaired) electrons. The highest BCUT2D eigenvalue weighted by Crippen LogP contribution is 2.31. The summed E-state index contributed by atoms with van der Waals surface area (Å²) in [6.07, 6.45) is 0. The predicted octanol–water partition coefficient (Wildman–Crippen LogP) is 6.60. The molecule has 0 fully saturated rings.